The van der Waals surface area contributed by atoms with Crippen molar-refractivity contribution in [3.05, 3.63) is 36.8 Å². The lowest BCUT2D eigenvalue weighted by atomic mass is 10.1. The number of aromatic nitrogens is 2. The van der Waals surface area contributed by atoms with Crippen LogP contribution >= 0.6 is 0 Å². The summed E-state index contributed by atoms with van der Waals surface area (Å²) in [7, 11) is 0. The number of hydrogen-bond acceptors (Lipinski definition) is 6. The number of nitrogens with zero attached hydrogens (tertiary/aromatic N) is 2. The molecule has 0 saturated carbocycles. The standard InChI is InChI=1S/C20H26N2O4/c1-4-6-11-24-20(23)26-18-8-7-16(17-13-21-9-10-22-17)12-19(18)25-14-15(3)5-2/h7-10,12-13,15H,4-6,11,14H2,1-3H3. The van der Waals surface area contributed by atoms with Crippen molar-refractivity contribution >= 4 is 6.16 Å². The highest BCUT2D eigenvalue weighted by atomic mass is 16.7. The Labute approximate surface area is 154 Å². The summed E-state index contributed by atoms with van der Waals surface area (Å²) in [6.45, 7) is 7.11. The van der Waals surface area contributed by atoms with Gasteiger partial charge in [-0.25, -0.2) is 4.79 Å². The Hall–Kier alpha value is -2.63. The van der Waals surface area contributed by atoms with Gasteiger partial charge in [0, 0.05) is 18.0 Å². The third-order valence-corrected chi connectivity index (χ3v) is 3.93. The normalized spacial score (nSPS) is 11.7. The molecule has 0 radical (unpaired) electrons. The molecule has 0 aliphatic carbocycles. The molecule has 1 unspecified atom stereocenters. The highest BCUT2D eigenvalue weighted by molar-refractivity contribution is 5.68. The lowest BCUT2D eigenvalue weighted by Crippen LogP contribution is -2.13. The van der Waals surface area contributed by atoms with Gasteiger partial charge in [0.2, 0.25) is 0 Å². The zero-order valence-electron chi connectivity index (χ0n) is 15.6. The molecule has 6 nitrogen and oxygen atoms in total. The van der Waals surface area contributed by atoms with Crippen LogP contribution in [0.2, 0.25) is 0 Å². The summed E-state index contributed by atoms with van der Waals surface area (Å²) in [5.41, 5.74) is 1.56. The number of benzene rings is 1. The lowest BCUT2D eigenvalue weighted by Gasteiger charge is -2.15. The maximum absolute atomic E-state index is 11.9. The van der Waals surface area contributed by atoms with Gasteiger partial charge in [-0.2, -0.15) is 0 Å². The van der Waals surface area contributed by atoms with Crippen molar-refractivity contribution < 1.29 is 19.0 Å². The van der Waals surface area contributed by atoms with E-state index in [9.17, 15) is 4.79 Å². The number of carbonyl (C=O) groups is 1. The molecule has 26 heavy (non-hydrogen) atoms. The van der Waals surface area contributed by atoms with Gasteiger partial charge in [-0.1, -0.05) is 33.6 Å². The summed E-state index contributed by atoms with van der Waals surface area (Å²) < 4.78 is 16.3. The van der Waals surface area contributed by atoms with Crippen molar-refractivity contribution in [2.24, 2.45) is 5.92 Å². The van der Waals surface area contributed by atoms with Crippen LogP contribution < -0.4 is 9.47 Å². The predicted molar refractivity (Wildman–Crippen MR) is 99.3 cm³/mol. The molecule has 2 rings (SSSR count). The fourth-order valence-corrected chi connectivity index (χ4v) is 2.08. The van der Waals surface area contributed by atoms with Crippen LogP contribution in [0.4, 0.5) is 4.79 Å². The first-order valence-electron chi connectivity index (χ1n) is 9.01. The molecule has 1 heterocycles. The molecule has 2 aromatic rings. The van der Waals surface area contributed by atoms with Gasteiger partial charge in [0.1, 0.15) is 0 Å². The van der Waals surface area contributed by atoms with Gasteiger partial charge in [-0.3, -0.25) is 9.97 Å². The topological polar surface area (TPSA) is 70.5 Å². The molecule has 0 saturated heterocycles. The van der Waals surface area contributed by atoms with Crippen LogP contribution in [-0.4, -0.2) is 29.3 Å². The fourth-order valence-electron chi connectivity index (χ4n) is 2.08. The van der Waals surface area contributed by atoms with Gasteiger partial charge in [0.25, 0.3) is 0 Å². The molecule has 1 aromatic heterocycles. The molecule has 6 heteroatoms. The Morgan fingerprint density at radius 3 is 2.73 bits per heavy atom. The summed E-state index contributed by atoms with van der Waals surface area (Å²) >= 11 is 0. The van der Waals surface area contributed by atoms with E-state index < -0.39 is 6.16 Å². The molecule has 0 amide bonds. The Morgan fingerprint density at radius 2 is 2.04 bits per heavy atom. The van der Waals surface area contributed by atoms with Crippen LogP contribution in [-0.2, 0) is 4.74 Å². The van der Waals surface area contributed by atoms with Crippen LogP contribution in [0, 0.1) is 5.92 Å². The van der Waals surface area contributed by atoms with E-state index in [4.69, 9.17) is 14.2 Å². The number of hydrogen-bond donors (Lipinski definition) is 0. The summed E-state index contributed by atoms with van der Waals surface area (Å²) in [5, 5.41) is 0. The molecule has 1 atom stereocenters. The molecule has 0 N–H and O–H groups in total. The molecule has 0 spiro atoms. The summed E-state index contributed by atoms with van der Waals surface area (Å²) in [4.78, 5) is 20.2. The Kier molecular flexibility index (Phi) is 7.86. The Morgan fingerprint density at radius 1 is 1.19 bits per heavy atom. The highest BCUT2D eigenvalue weighted by Gasteiger charge is 2.14. The van der Waals surface area contributed by atoms with Crippen molar-refractivity contribution in [3.63, 3.8) is 0 Å². The van der Waals surface area contributed by atoms with E-state index in [-0.39, 0.29) is 0 Å². The first-order valence-corrected chi connectivity index (χ1v) is 9.01. The lowest BCUT2D eigenvalue weighted by molar-refractivity contribution is 0.0960. The van der Waals surface area contributed by atoms with E-state index >= 15 is 0 Å². The molecule has 140 valence electrons. The van der Waals surface area contributed by atoms with Crippen LogP contribution in [0.25, 0.3) is 11.3 Å². The maximum atomic E-state index is 11.9. The van der Waals surface area contributed by atoms with Gasteiger partial charge in [0.15, 0.2) is 11.5 Å². The van der Waals surface area contributed by atoms with E-state index in [0.29, 0.717) is 30.6 Å². The predicted octanol–water partition coefficient (Wildman–Crippen LogP) is 4.88. The second-order valence-corrected chi connectivity index (χ2v) is 6.13. The van der Waals surface area contributed by atoms with E-state index in [2.05, 4.69) is 23.8 Å². The number of unbranched alkanes of at least 4 members (excludes halogenated alkanes) is 1. The minimum Gasteiger partial charge on any atom is -0.489 e. The molecule has 1 aromatic carbocycles. The average molecular weight is 358 g/mol. The van der Waals surface area contributed by atoms with Gasteiger partial charge in [0.05, 0.1) is 25.1 Å². The third kappa shape index (κ3) is 6.02. The third-order valence-electron chi connectivity index (χ3n) is 3.93. The first-order chi connectivity index (χ1) is 12.6. The largest absolute Gasteiger partial charge is 0.513 e. The van der Waals surface area contributed by atoms with Crippen LogP contribution in [0.1, 0.15) is 40.0 Å². The maximum Gasteiger partial charge on any atom is 0.513 e. The molecule has 0 aliphatic heterocycles. The minimum atomic E-state index is -0.723. The van der Waals surface area contributed by atoms with Crippen LogP contribution in [0.15, 0.2) is 36.8 Å². The Bertz CT molecular complexity index is 691. The smallest absolute Gasteiger partial charge is 0.489 e. The molecular formula is C20H26N2O4. The van der Waals surface area contributed by atoms with E-state index in [1.54, 1.807) is 30.7 Å². The number of rotatable bonds is 9. The zero-order valence-corrected chi connectivity index (χ0v) is 15.6. The van der Waals surface area contributed by atoms with Crippen LogP contribution in [0.5, 0.6) is 11.5 Å². The van der Waals surface area contributed by atoms with Crippen molar-refractivity contribution in [3.8, 4) is 22.8 Å². The Balaban J connectivity index is 2.18. The van der Waals surface area contributed by atoms with E-state index in [1.807, 2.05) is 13.0 Å². The average Bonchev–Trinajstić information content (AvgIpc) is 2.67. The van der Waals surface area contributed by atoms with Crippen molar-refractivity contribution in [1.29, 1.82) is 0 Å². The monoisotopic (exact) mass is 358 g/mol. The van der Waals surface area contributed by atoms with E-state index in [1.165, 1.54) is 0 Å². The van der Waals surface area contributed by atoms with Crippen molar-refractivity contribution in [1.82, 2.24) is 9.97 Å². The van der Waals surface area contributed by atoms with Gasteiger partial charge >= 0.3 is 6.16 Å². The molecule has 0 bridgehead atoms. The van der Waals surface area contributed by atoms with Crippen molar-refractivity contribution in [2.45, 2.75) is 40.0 Å². The molecule has 0 aliphatic rings. The quantitative estimate of drug-likeness (QED) is 0.361. The SMILES string of the molecule is CCCCOC(=O)Oc1ccc(-c2cnccn2)cc1OCC(C)CC. The molecule has 0 fully saturated rings. The number of ether oxygens (including phenoxy) is 3. The zero-order chi connectivity index (χ0) is 18.8. The van der Waals surface area contributed by atoms with Crippen molar-refractivity contribution in [2.75, 3.05) is 13.2 Å². The summed E-state index contributed by atoms with van der Waals surface area (Å²) in [6, 6.07) is 5.31. The van der Waals surface area contributed by atoms with Gasteiger partial charge in [-0.15, -0.1) is 0 Å². The number of carbonyl (C=O) groups excluding carboxylic acids is 1. The minimum absolute atomic E-state index is 0.336. The summed E-state index contributed by atoms with van der Waals surface area (Å²) in [6.07, 6.45) is 6.95. The second kappa shape index (κ2) is 10.4. The summed E-state index contributed by atoms with van der Waals surface area (Å²) in [5.74, 6) is 1.21. The fraction of sp³-hybridized carbons (Fsp3) is 0.450. The van der Waals surface area contributed by atoms with Crippen LogP contribution in [0.3, 0.4) is 0 Å². The van der Waals surface area contributed by atoms with Gasteiger partial charge in [-0.05, 0) is 30.5 Å². The van der Waals surface area contributed by atoms with Gasteiger partial charge < -0.3 is 14.2 Å². The first kappa shape index (κ1) is 19.7. The second-order valence-electron chi connectivity index (χ2n) is 6.13. The van der Waals surface area contributed by atoms with E-state index in [0.717, 1.165) is 30.5 Å². The highest BCUT2D eigenvalue weighted by Crippen LogP contribution is 2.32. The molecular weight excluding hydrogens is 332 g/mol.